The van der Waals surface area contributed by atoms with Gasteiger partial charge in [-0.05, 0) is 75.1 Å². The highest BCUT2D eigenvalue weighted by Crippen LogP contribution is 2.44. The molecule has 0 amide bonds. The van der Waals surface area contributed by atoms with Crippen LogP contribution in [0.5, 0.6) is 0 Å². The van der Waals surface area contributed by atoms with Crippen molar-refractivity contribution >= 4 is 11.2 Å². The zero-order valence-electron chi connectivity index (χ0n) is 19.0. The number of aryl methyl sites for hydroxylation is 3. The van der Waals surface area contributed by atoms with Gasteiger partial charge in [0.2, 0.25) is 0 Å². The number of hydrogen-bond donors (Lipinski definition) is 0. The minimum atomic E-state index is -0.156. The van der Waals surface area contributed by atoms with Gasteiger partial charge in [0.1, 0.15) is 11.3 Å². The molecule has 0 N–H and O–H groups in total. The summed E-state index contributed by atoms with van der Waals surface area (Å²) in [7, 11) is 0. The van der Waals surface area contributed by atoms with Crippen molar-refractivity contribution in [3.8, 4) is 0 Å². The Hall–Kier alpha value is -3.48. The average Bonchev–Trinajstić information content (AvgIpc) is 3.26. The maximum Gasteiger partial charge on any atom is 0.256 e. The average molecular weight is 444 g/mol. The topological polar surface area (TPSA) is 73.6 Å². The second-order valence-corrected chi connectivity index (χ2v) is 8.98. The third-order valence-corrected chi connectivity index (χ3v) is 6.78. The van der Waals surface area contributed by atoms with Gasteiger partial charge in [-0.3, -0.25) is 24.3 Å². The van der Waals surface area contributed by atoms with Crippen LogP contribution in [0.1, 0.15) is 64.9 Å². The van der Waals surface area contributed by atoms with E-state index < -0.39 is 0 Å². The lowest BCUT2D eigenvalue weighted by atomic mass is 9.90. The predicted molar refractivity (Wildman–Crippen MR) is 125 cm³/mol. The predicted octanol–water partition coefficient (Wildman–Crippen LogP) is 4.75. The normalized spacial score (nSPS) is 18.2. The van der Waals surface area contributed by atoms with E-state index in [-0.39, 0.29) is 29.8 Å². The van der Waals surface area contributed by atoms with Crippen molar-refractivity contribution < 1.29 is 4.39 Å². The number of aromatic nitrogens is 5. The molecule has 1 aliphatic carbocycles. The number of hydrogen-bond acceptors (Lipinski definition) is 5. The molecule has 1 saturated carbocycles. The van der Waals surface area contributed by atoms with Crippen LogP contribution in [0.15, 0.2) is 47.7 Å². The molecule has 0 aliphatic heterocycles. The van der Waals surface area contributed by atoms with E-state index in [0.717, 1.165) is 53.0 Å². The maximum absolute atomic E-state index is 14.6. The van der Waals surface area contributed by atoms with E-state index in [2.05, 4.69) is 19.9 Å². The van der Waals surface area contributed by atoms with Crippen LogP contribution in [0, 0.1) is 26.6 Å². The van der Waals surface area contributed by atoms with Gasteiger partial charge in [-0.2, -0.15) is 0 Å². The van der Waals surface area contributed by atoms with Crippen molar-refractivity contribution in [2.75, 3.05) is 0 Å². The van der Waals surface area contributed by atoms with Crippen LogP contribution in [0.3, 0.4) is 0 Å². The first-order chi connectivity index (χ1) is 15.9. The minimum Gasteiger partial charge on any atom is -0.285 e. The van der Waals surface area contributed by atoms with E-state index in [0.29, 0.717) is 11.2 Å². The second kappa shape index (κ2) is 8.46. The number of nitrogens with zero attached hydrogens (tertiary/aromatic N) is 5. The summed E-state index contributed by atoms with van der Waals surface area (Å²) in [6.07, 6.45) is 7.42. The molecule has 1 aliphatic rings. The molecule has 2 unspecified atom stereocenters. The molecule has 0 spiro atoms. The molecule has 33 heavy (non-hydrogen) atoms. The van der Waals surface area contributed by atoms with E-state index in [1.165, 1.54) is 6.07 Å². The van der Waals surface area contributed by atoms with E-state index in [9.17, 15) is 9.18 Å². The Morgan fingerprint density at radius 2 is 1.85 bits per heavy atom. The molecule has 7 heteroatoms. The van der Waals surface area contributed by atoms with E-state index in [1.807, 2.05) is 32.9 Å². The minimum absolute atomic E-state index is 0.0446. The standard InChI is InChI=1S/C26H26FN5O/c1-15-5-4-6-21(27)24(15)19-8-7-18(11-19)20-12-22-25(31-16(2)13-30-22)32(26(20)33)14-23-17(3)28-9-10-29-23/h4-6,9-10,12-13,18-19H,7-8,11,14H2,1-3H3. The number of pyridine rings is 1. The van der Waals surface area contributed by atoms with E-state index >= 15 is 0 Å². The second-order valence-electron chi connectivity index (χ2n) is 8.98. The smallest absolute Gasteiger partial charge is 0.256 e. The molecule has 1 fully saturated rings. The molecule has 0 saturated heterocycles. The summed E-state index contributed by atoms with van der Waals surface area (Å²) in [6, 6.07) is 7.11. The first-order valence-corrected chi connectivity index (χ1v) is 11.3. The van der Waals surface area contributed by atoms with Gasteiger partial charge in [0.25, 0.3) is 5.56 Å². The summed E-state index contributed by atoms with van der Waals surface area (Å²) in [5.74, 6) is -0.00895. The lowest BCUT2D eigenvalue weighted by Crippen LogP contribution is -2.27. The molecule has 3 heterocycles. The van der Waals surface area contributed by atoms with E-state index in [1.54, 1.807) is 29.2 Å². The fraction of sp³-hybridized carbons (Fsp3) is 0.346. The molecule has 6 nitrogen and oxygen atoms in total. The Kier molecular flexibility index (Phi) is 5.48. The molecule has 0 radical (unpaired) electrons. The Bertz CT molecular complexity index is 1390. The molecule has 2 atom stereocenters. The van der Waals surface area contributed by atoms with Gasteiger partial charge in [-0.15, -0.1) is 0 Å². The molecular formula is C26H26FN5O. The number of halogens is 1. The highest BCUT2D eigenvalue weighted by Gasteiger charge is 2.32. The lowest BCUT2D eigenvalue weighted by molar-refractivity contribution is 0.573. The van der Waals surface area contributed by atoms with Crippen LogP contribution in [0.4, 0.5) is 4.39 Å². The number of benzene rings is 1. The van der Waals surface area contributed by atoms with Crippen molar-refractivity contribution in [3.63, 3.8) is 0 Å². The van der Waals surface area contributed by atoms with Crippen LogP contribution in [-0.2, 0) is 6.54 Å². The highest BCUT2D eigenvalue weighted by atomic mass is 19.1. The van der Waals surface area contributed by atoms with Crippen molar-refractivity contribution in [2.45, 2.75) is 58.4 Å². The quantitative estimate of drug-likeness (QED) is 0.455. The first-order valence-electron chi connectivity index (χ1n) is 11.3. The highest BCUT2D eigenvalue weighted by molar-refractivity contribution is 5.71. The van der Waals surface area contributed by atoms with Crippen molar-refractivity contribution in [3.05, 3.63) is 92.8 Å². The Morgan fingerprint density at radius 3 is 2.64 bits per heavy atom. The van der Waals surface area contributed by atoms with Gasteiger partial charge in [-0.1, -0.05) is 12.1 Å². The molecule has 168 valence electrons. The van der Waals surface area contributed by atoms with Crippen LogP contribution >= 0.6 is 0 Å². The molecule has 1 aromatic carbocycles. The van der Waals surface area contributed by atoms with E-state index in [4.69, 9.17) is 0 Å². The third kappa shape index (κ3) is 3.92. The Morgan fingerprint density at radius 1 is 1.06 bits per heavy atom. The van der Waals surface area contributed by atoms with Gasteiger partial charge in [-0.25, -0.2) is 9.37 Å². The van der Waals surface area contributed by atoms with Crippen molar-refractivity contribution in [1.82, 2.24) is 24.5 Å². The van der Waals surface area contributed by atoms with Gasteiger partial charge in [0.05, 0.1) is 23.6 Å². The van der Waals surface area contributed by atoms with Crippen molar-refractivity contribution in [2.24, 2.45) is 0 Å². The zero-order chi connectivity index (χ0) is 23.1. The molecule has 3 aromatic heterocycles. The molecule has 0 bridgehead atoms. The van der Waals surface area contributed by atoms with Gasteiger partial charge in [0, 0.05) is 24.2 Å². The van der Waals surface area contributed by atoms with Crippen LogP contribution < -0.4 is 5.56 Å². The molecule has 4 aromatic rings. The van der Waals surface area contributed by atoms with Crippen LogP contribution in [0.2, 0.25) is 0 Å². The monoisotopic (exact) mass is 443 g/mol. The first kappa shape index (κ1) is 21.4. The fourth-order valence-electron chi connectivity index (χ4n) is 5.10. The van der Waals surface area contributed by atoms with Crippen molar-refractivity contribution in [1.29, 1.82) is 0 Å². The van der Waals surface area contributed by atoms with Gasteiger partial charge >= 0.3 is 0 Å². The van der Waals surface area contributed by atoms with Gasteiger partial charge in [0.15, 0.2) is 5.65 Å². The van der Waals surface area contributed by atoms with Crippen LogP contribution in [-0.4, -0.2) is 24.5 Å². The number of rotatable bonds is 4. The Labute approximate surface area is 191 Å². The third-order valence-electron chi connectivity index (χ3n) is 6.78. The molecular weight excluding hydrogens is 417 g/mol. The summed E-state index contributed by atoms with van der Waals surface area (Å²) in [6.45, 7) is 5.98. The Balaban J connectivity index is 1.58. The number of fused-ring (bicyclic) bond motifs is 1. The van der Waals surface area contributed by atoms with Crippen LogP contribution in [0.25, 0.3) is 11.2 Å². The summed E-state index contributed by atoms with van der Waals surface area (Å²) in [4.78, 5) is 31.7. The molecule has 5 rings (SSSR count). The zero-order valence-corrected chi connectivity index (χ0v) is 19.0. The summed E-state index contributed by atoms with van der Waals surface area (Å²) in [5, 5.41) is 0. The SMILES string of the molecule is Cc1cnc2cc(C3CCC(c4c(C)cccc4F)C3)c(=O)n(Cc3nccnc3C)c2n1. The largest absolute Gasteiger partial charge is 0.285 e. The summed E-state index contributed by atoms with van der Waals surface area (Å²) in [5.41, 5.74) is 5.88. The summed E-state index contributed by atoms with van der Waals surface area (Å²) >= 11 is 0. The van der Waals surface area contributed by atoms with Gasteiger partial charge < -0.3 is 0 Å². The fourth-order valence-corrected chi connectivity index (χ4v) is 5.10. The summed E-state index contributed by atoms with van der Waals surface area (Å²) < 4.78 is 16.3. The maximum atomic E-state index is 14.6. The lowest BCUT2D eigenvalue weighted by Gasteiger charge is -2.17.